The summed E-state index contributed by atoms with van der Waals surface area (Å²) in [5.41, 5.74) is -0.906. The van der Waals surface area contributed by atoms with Gasteiger partial charge < -0.3 is 10.4 Å². The summed E-state index contributed by atoms with van der Waals surface area (Å²) in [6, 6.07) is 0. The van der Waals surface area contributed by atoms with Crippen LogP contribution in [-0.2, 0) is 10.2 Å². The predicted octanol–water partition coefficient (Wildman–Crippen LogP) is 2.57. The van der Waals surface area contributed by atoms with E-state index in [0.717, 1.165) is 17.8 Å². The number of amides is 1. The number of nitrogens with zero attached hydrogens (tertiary/aromatic N) is 1. The maximum atomic E-state index is 12.2. The molecule has 1 aliphatic rings. The van der Waals surface area contributed by atoms with E-state index >= 15 is 0 Å². The van der Waals surface area contributed by atoms with Crippen molar-refractivity contribution in [1.82, 2.24) is 10.3 Å². The molecule has 1 fully saturated rings. The fraction of sp³-hybridized carbons (Fsp3) is 0.643. The topological polar surface area (TPSA) is 79.3 Å². The molecule has 20 heavy (non-hydrogen) atoms. The summed E-state index contributed by atoms with van der Waals surface area (Å²) >= 11 is 1.43. The van der Waals surface area contributed by atoms with Crippen molar-refractivity contribution in [3.05, 3.63) is 16.1 Å². The van der Waals surface area contributed by atoms with Gasteiger partial charge in [0.15, 0.2) is 0 Å². The van der Waals surface area contributed by atoms with Crippen LogP contribution in [0.25, 0.3) is 0 Å². The molecule has 1 aromatic rings. The molecule has 0 radical (unpaired) electrons. The van der Waals surface area contributed by atoms with E-state index in [9.17, 15) is 14.7 Å². The molecule has 5 nitrogen and oxygen atoms in total. The van der Waals surface area contributed by atoms with E-state index in [2.05, 4.69) is 10.3 Å². The number of aliphatic carboxylic acids is 1. The van der Waals surface area contributed by atoms with Gasteiger partial charge in [-0.25, -0.2) is 9.78 Å². The molecule has 1 heterocycles. The molecule has 1 aliphatic carbocycles. The summed E-state index contributed by atoms with van der Waals surface area (Å²) < 4.78 is 0. The van der Waals surface area contributed by atoms with Crippen molar-refractivity contribution in [3.63, 3.8) is 0 Å². The standard InChI is InChI=1S/C14H20N2O3S/c1-13(2,3)11-15-9(8-20-11)10(17)16-14(12(18)19)6-4-5-7-14/h8H,4-7H2,1-3H3,(H,16,17)(H,18,19). The number of carbonyl (C=O) groups excluding carboxylic acids is 1. The lowest BCUT2D eigenvalue weighted by Gasteiger charge is -2.24. The fourth-order valence-electron chi connectivity index (χ4n) is 2.37. The van der Waals surface area contributed by atoms with E-state index in [1.54, 1.807) is 5.38 Å². The molecule has 2 N–H and O–H groups in total. The second-order valence-electron chi connectivity index (χ2n) is 6.34. The summed E-state index contributed by atoms with van der Waals surface area (Å²) in [7, 11) is 0. The van der Waals surface area contributed by atoms with Crippen molar-refractivity contribution in [2.75, 3.05) is 0 Å². The van der Waals surface area contributed by atoms with E-state index in [1.165, 1.54) is 11.3 Å². The first-order chi connectivity index (χ1) is 9.24. The van der Waals surface area contributed by atoms with Gasteiger partial charge in [0, 0.05) is 10.8 Å². The number of carboxylic acids is 1. The number of hydrogen-bond donors (Lipinski definition) is 2. The highest BCUT2D eigenvalue weighted by molar-refractivity contribution is 7.10. The quantitative estimate of drug-likeness (QED) is 0.898. The number of hydrogen-bond acceptors (Lipinski definition) is 4. The molecule has 6 heteroatoms. The smallest absolute Gasteiger partial charge is 0.329 e. The highest BCUT2D eigenvalue weighted by Crippen LogP contribution is 2.31. The van der Waals surface area contributed by atoms with Gasteiger partial charge in [0.1, 0.15) is 11.2 Å². The lowest BCUT2D eigenvalue weighted by atomic mass is 9.97. The number of rotatable bonds is 3. The second kappa shape index (κ2) is 5.16. The first kappa shape index (κ1) is 15.0. The van der Waals surface area contributed by atoms with Gasteiger partial charge in [-0.2, -0.15) is 0 Å². The molecular weight excluding hydrogens is 276 g/mol. The van der Waals surface area contributed by atoms with Gasteiger partial charge in [0.2, 0.25) is 0 Å². The number of carbonyl (C=O) groups is 2. The Balaban J connectivity index is 2.16. The van der Waals surface area contributed by atoms with Crippen LogP contribution in [0.5, 0.6) is 0 Å². The van der Waals surface area contributed by atoms with E-state index in [1.807, 2.05) is 20.8 Å². The van der Waals surface area contributed by atoms with Crippen molar-refractivity contribution in [3.8, 4) is 0 Å². The third-order valence-electron chi connectivity index (χ3n) is 3.60. The Labute approximate surface area is 122 Å². The number of carboxylic acid groups (broad SMARTS) is 1. The first-order valence-electron chi connectivity index (χ1n) is 6.76. The third kappa shape index (κ3) is 2.85. The minimum absolute atomic E-state index is 0.110. The molecule has 1 aromatic heterocycles. The minimum atomic E-state index is -1.11. The monoisotopic (exact) mass is 296 g/mol. The molecule has 0 spiro atoms. The second-order valence-corrected chi connectivity index (χ2v) is 7.19. The van der Waals surface area contributed by atoms with Gasteiger partial charge in [-0.15, -0.1) is 11.3 Å². The first-order valence-corrected chi connectivity index (χ1v) is 7.64. The van der Waals surface area contributed by atoms with Crippen LogP contribution in [0.4, 0.5) is 0 Å². The number of aromatic nitrogens is 1. The van der Waals surface area contributed by atoms with Crippen LogP contribution in [0.15, 0.2) is 5.38 Å². The molecule has 0 saturated heterocycles. The largest absolute Gasteiger partial charge is 0.480 e. The van der Waals surface area contributed by atoms with Gasteiger partial charge in [-0.05, 0) is 12.8 Å². The summed E-state index contributed by atoms with van der Waals surface area (Å²) in [4.78, 5) is 28.0. The lowest BCUT2D eigenvalue weighted by Crippen LogP contribution is -2.52. The molecule has 0 atom stereocenters. The molecule has 2 rings (SSSR count). The van der Waals surface area contributed by atoms with Gasteiger partial charge in [0.25, 0.3) is 5.91 Å². The van der Waals surface area contributed by atoms with Crippen LogP contribution in [0.3, 0.4) is 0 Å². The summed E-state index contributed by atoms with van der Waals surface area (Å²) in [5, 5.41) is 14.6. The van der Waals surface area contributed by atoms with Gasteiger partial charge in [-0.1, -0.05) is 33.6 Å². The molecule has 0 aromatic carbocycles. The Bertz CT molecular complexity index is 525. The number of thiazole rings is 1. The van der Waals surface area contributed by atoms with Crippen molar-refractivity contribution >= 4 is 23.2 Å². The lowest BCUT2D eigenvalue weighted by molar-refractivity contribution is -0.144. The van der Waals surface area contributed by atoms with Crippen LogP contribution in [-0.4, -0.2) is 27.5 Å². The maximum Gasteiger partial charge on any atom is 0.329 e. The summed E-state index contributed by atoms with van der Waals surface area (Å²) in [6.45, 7) is 6.09. The minimum Gasteiger partial charge on any atom is -0.480 e. The fourth-order valence-corrected chi connectivity index (χ4v) is 3.26. The van der Waals surface area contributed by atoms with Crippen LogP contribution in [0, 0.1) is 0 Å². The zero-order chi connectivity index (χ0) is 15.0. The highest BCUT2D eigenvalue weighted by atomic mass is 32.1. The zero-order valence-corrected chi connectivity index (χ0v) is 12.8. The van der Waals surface area contributed by atoms with E-state index in [4.69, 9.17) is 0 Å². The van der Waals surface area contributed by atoms with Crippen molar-refractivity contribution in [2.45, 2.75) is 57.4 Å². The van der Waals surface area contributed by atoms with E-state index in [0.29, 0.717) is 18.5 Å². The van der Waals surface area contributed by atoms with Crippen molar-refractivity contribution in [2.24, 2.45) is 0 Å². The molecule has 1 amide bonds. The average molecular weight is 296 g/mol. The van der Waals surface area contributed by atoms with Crippen LogP contribution in [0.1, 0.15) is 62.0 Å². The SMILES string of the molecule is CC(C)(C)c1nc(C(=O)NC2(C(=O)O)CCCC2)cs1. The molecular formula is C14H20N2O3S. The molecule has 1 saturated carbocycles. The highest BCUT2D eigenvalue weighted by Gasteiger charge is 2.43. The average Bonchev–Trinajstić information content (AvgIpc) is 2.96. The van der Waals surface area contributed by atoms with Crippen LogP contribution >= 0.6 is 11.3 Å². The maximum absolute atomic E-state index is 12.2. The molecule has 0 bridgehead atoms. The Morgan fingerprint density at radius 2 is 1.95 bits per heavy atom. The van der Waals surface area contributed by atoms with Gasteiger partial charge in [0.05, 0.1) is 5.01 Å². The normalized spacial score (nSPS) is 17.9. The summed E-state index contributed by atoms with van der Waals surface area (Å²) in [6.07, 6.45) is 2.64. The van der Waals surface area contributed by atoms with E-state index in [-0.39, 0.29) is 11.3 Å². The van der Waals surface area contributed by atoms with Crippen molar-refractivity contribution in [1.29, 1.82) is 0 Å². The van der Waals surface area contributed by atoms with Gasteiger partial charge >= 0.3 is 5.97 Å². The molecule has 110 valence electrons. The Hall–Kier alpha value is -1.43. The summed E-state index contributed by atoms with van der Waals surface area (Å²) in [5.74, 6) is -1.34. The van der Waals surface area contributed by atoms with E-state index < -0.39 is 11.5 Å². The Morgan fingerprint density at radius 3 is 2.40 bits per heavy atom. The van der Waals surface area contributed by atoms with Crippen LogP contribution in [0.2, 0.25) is 0 Å². The Morgan fingerprint density at radius 1 is 1.35 bits per heavy atom. The van der Waals surface area contributed by atoms with Crippen LogP contribution < -0.4 is 5.32 Å². The predicted molar refractivity (Wildman–Crippen MR) is 77.1 cm³/mol. The molecule has 0 aliphatic heterocycles. The Kier molecular flexibility index (Phi) is 3.86. The van der Waals surface area contributed by atoms with Gasteiger partial charge in [-0.3, -0.25) is 4.79 Å². The molecule has 0 unspecified atom stereocenters. The van der Waals surface area contributed by atoms with Crippen molar-refractivity contribution < 1.29 is 14.7 Å². The zero-order valence-electron chi connectivity index (χ0n) is 12.0. The third-order valence-corrected chi connectivity index (χ3v) is 4.87. The number of nitrogens with one attached hydrogen (secondary N) is 1.